The van der Waals surface area contributed by atoms with Gasteiger partial charge in [-0.15, -0.1) is 0 Å². The summed E-state index contributed by atoms with van der Waals surface area (Å²) in [6, 6.07) is 6.25. The van der Waals surface area contributed by atoms with Gasteiger partial charge >= 0.3 is 0 Å². The normalized spacial score (nSPS) is 15.0. The predicted molar refractivity (Wildman–Crippen MR) is 64.2 cm³/mol. The lowest BCUT2D eigenvalue weighted by Crippen LogP contribution is -2.38. The van der Waals surface area contributed by atoms with E-state index in [9.17, 15) is 5.11 Å². The highest BCUT2D eigenvalue weighted by Gasteiger charge is 2.21. The third-order valence-corrected chi connectivity index (χ3v) is 2.76. The van der Waals surface area contributed by atoms with Crippen LogP contribution in [0.5, 0.6) is 0 Å². The van der Waals surface area contributed by atoms with Crippen molar-refractivity contribution in [1.29, 1.82) is 0 Å². The van der Waals surface area contributed by atoms with Crippen LogP contribution in [0.1, 0.15) is 23.6 Å². The molecule has 84 valence electrons. The first-order chi connectivity index (χ1) is 6.96. The molecule has 0 aliphatic rings. The molecule has 0 aliphatic heterocycles. The van der Waals surface area contributed by atoms with Crippen LogP contribution in [0.4, 0.5) is 0 Å². The fourth-order valence-electron chi connectivity index (χ4n) is 1.95. The number of aryl methyl sites for hydroxylation is 2. The van der Waals surface area contributed by atoms with Gasteiger partial charge in [-0.05, 0) is 44.5 Å². The molecule has 2 nitrogen and oxygen atoms in total. The van der Waals surface area contributed by atoms with Crippen LogP contribution in [0.25, 0.3) is 0 Å². The summed E-state index contributed by atoms with van der Waals surface area (Å²) in [4.78, 5) is 0. The zero-order chi connectivity index (χ0) is 11.5. The minimum atomic E-state index is -0.675. The fraction of sp³-hybridized carbons (Fsp3) is 0.538. The van der Waals surface area contributed by atoms with Crippen molar-refractivity contribution in [3.05, 3.63) is 34.9 Å². The van der Waals surface area contributed by atoms with Gasteiger partial charge in [0, 0.05) is 13.0 Å². The molecular formula is C13H21NO. The summed E-state index contributed by atoms with van der Waals surface area (Å²) in [7, 11) is 1.86. The van der Waals surface area contributed by atoms with Gasteiger partial charge in [0.25, 0.3) is 0 Å². The molecule has 1 unspecified atom stereocenters. The maximum atomic E-state index is 10.2. The molecule has 1 rings (SSSR count). The first-order valence-electron chi connectivity index (χ1n) is 5.38. The quantitative estimate of drug-likeness (QED) is 0.789. The van der Waals surface area contributed by atoms with E-state index < -0.39 is 5.60 Å². The SMILES string of the molecule is CNCC(C)(O)Cc1c(C)cccc1C. The van der Waals surface area contributed by atoms with Gasteiger partial charge in [-0.2, -0.15) is 0 Å². The summed E-state index contributed by atoms with van der Waals surface area (Å²) in [6.45, 7) is 6.67. The van der Waals surface area contributed by atoms with E-state index in [-0.39, 0.29) is 0 Å². The lowest BCUT2D eigenvalue weighted by atomic mass is 9.91. The lowest BCUT2D eigenvalue weighted by Gasteiger charge is -2.24. The fourth-order valence-corrected chi connectivity index (χ4v) is 1.95. The van der Waals surface area contributed by atoms with Crippen LogP contribution in [-0.4, -0.2) is 24.3 Å². The maximum absolute atomic E-state index is 10.2. The van der Waals surface area contributed by atoms with Crippen LogP contribution in [0, 0.1) is 13.8 Å². The van der Waals surface area contributed by atoms with Gasteiger partial charge < -0.3 is 10.4 Å². The summed E-state index contributed by atoms with van der Waals surface area (Å²) >= 11 is 0. The molecule has 0 radical (unpaired) electrons. The highest BCUT2D eigenvalue weighted by atomic mass is 16.3. The van der Waals surface area contributed by atoms with Crippen molar-refractivity contribution >= 4 is 0 Å². The Hall–Kier alpha value is -0.860. The Kier molecular flexibility index (Phi) is 3.89. The molecule has 0 fully saturated rings. The van der Waals surface area contributed by atoms with Crippen LogP contribution in [0.3, 0.4) is 0 Å². The molecule has 0 aliphatic carbocycles. The van der Waals surface area contributed by atoms with Crippen molar-refractivity contribution in [2.45, 2.75) is 32.8 Å². The molecule has 0 aromatic heterocycles. The zero-order valence-corrected chi connectivity index (χ0v) is 10.1. The number of rotatable bonds is 4. The highest BCUT2D eigenvalue weighted by molar-refractivity contribution is 5.34. The minimum Gasteiger partial charge on any atom is -0.389 e. The molecule has 1 aromatic rings. The van der Waals surface area contributed by atoms with Gasteiger partial charge in [-0.25, -0.2) is 0 Å². The zero-order valence-electron chi connectivity index (χ0n) is 10.1. The summed E-state index contributed by atoms with van der Waals surface area (Å²) < 4.78 is 0. The van der Waals surface area contributed by atoms with E-state index in [1.807, 2.05) is 14.0 Å². The van der Waals surface area contributed by atoms with Crippen molar-refractivity contribution in [3.8, 4) is 0 Å². The van der Waals surface area contributed by atoms with Crippen molar-refractivity contribution in [2.24, 2.45) is 0 Å². The second-order valence-electron chi connectivity index (χ2n) is 4.57. The van der Waals surface area contributed by atoms with E-state index in [0.717, 1.165) is 0 Å². The van der Waals surface area contributed by atoms with Gasteiger partial charge in [0.1, 0.15) is 0 Å². The second kappa shape index (κ2) is 4.77. The Morgan fingerprint density at radius 2 is 1.80 bits per heavy atom. The molecule has 0 amide bonds. The molecule has 0 spiro atoms. The topological polar surface area (TPSA) is 32.3 Å². The Morgan fingerprint density at radius 1 is 1.27 bits per heavy atom. The molecule has 0 bridgehead atoms. The monoisotopic (exact) mass is 207 g/mol. The highest BCUT2D eigenvalue weighted by Crippen LogP contribution is 2.19. The average Bonchev–Trinajstić information content (AvgIpc) is 2.11. The van der Waals surface area contributed by atoms with E-state index in [0.29, 0.717) is 13.0 Å². The van der Waals surface area contributed by atoms with Gasteiger partial charge in [0.15, 0.2) is 0 Å². The molecule has 2 heteroatoms. The van der Waals surface area contributed by atoms with Gasteiger partial charge in [-0.1, -0.05) is 18.2 Å². The van der Waals surface area contributed by atoms with Crippen molar-refractivity contribution < 1.29 is 5.11 Å². The van der Waals surface area contributed by atoms with Gasteiger partial charge in [0.2, 0.25) is 0 Å². The van der Waals surface area contributed by atoms with Crippen molar-refractivity contribution in [1.82, 2.24) is 5.32 Å². The first kappa shape index (κ1) is 12.2. The molecule has 2 N–H and O–H groups in total. The number of aliphatic hydroxyl groups is 1. The summed E-state index contributed by atoms with van der Waals surface area (Å²) in [5.41, 5.74) is 3.10. The average molecular weight is 207 g/mol. The first-order valence-corrected chi connectivity index (χ1v) is 5.38. The number of hydrogen-bond acceptors (Lipinski definition) is 2. The van der Waals surface area contributed by atoms with E-state index in [2.05, 4.69) is 37.4 Å². The second-order valence-corrected chi connectivity index (χ2v) is 4.57. The van der Waals surface area contributed by atoms with Crippen LogP contribution in [-0.2, 0) is 6.42 Å². The predicted octanol–water partition coefficient (Wildman–Crippen LogP) is 1.82. The molecule has 1 aromatic carbocycles. The van der Waals surface area contributed by atoms with Crippen LogP contribution >= 0.6 is 0 Å². The Morgan fingerprint density at radius 3 is 2.27 bits per heavy atom. The maximum Gasteiger partial charge on any atom is 0.0783 e. The number of likely N-dealkylation sites (N-methyl/N-ethyl adjacent to an activating group) is 1. The summed E-state index contributed by atoms with van der Waals surface area (Å²) in [5.74, 6) is 0. The smallest absolute Gasteiger partial charge is 0.0783 e. The van der Waals surface area contributed by atoms with Crippen molar-refractivity contribution in [3.63, 3.8) is 0 Å². The summed E-state index contributed by atoms with van der Waals surface area (Å²) in [5, 5.41) is 13.2. The third kappa shape index (κ3) is 3.33. The van der Waals surface area contributed by atoms with Crippen molar-refractivity contribution in [2.75, 3.05) is 13.6 Å². The Balaban J connectivity index is 2.89. The van der Waals surface area contributed by atoms with Crippen LogP contribution in [0.15, 0.2) is 18.2 Å². The Labute approximate surface area is 92.3 Å². The van der Waals surface area contributed by atoms with Crippen LogP contribution < -0.4 is 5.32 Å². The lowest BCUT2D eigenvalue weighted by molar-refractivity contribution is 0.0619. The third-order valence-electron chi connectivity index (χ3n) is 2.76. The van der Waals surface area contributed by atoms with E-state index in [4.69, 9.17) is 0 Å². The largest absolute Gasteiger partial charge is 0.389 e. The van der Waals surface area contributed by atoms with E-state index in [1.165, 1.54) is 16.7 Å². The number of benzene rings is 1. The number of hydrogen-bond donors (Lipinski definition) is 2. The Bertz CT molecular complexity index is 311. The van der Waals surface area contributed by atoms with Crippen LogP contribution in [0.2, 0.25) is 0 Å². The van der Waals surface area contributed by atoms with Gasteiger partial charge in [0.05, 0.1) is 5.60 Å². The molecule has 1 atom stereocenters. The molecule has 0 heterocycles. The molecule has 0 saturated heterocycles. The molecular weight excluding hydrogens is 186 g/mol. The summed E-state index contributed by atoms with van der Waals surface area (Å²) in [6.07, 6.45) is 0.701. The molecule has 15 heavy (non-hydrogen) atoms. The van der Waals surface area contributed by atoms with Gasteiger partial charge in [-0.3, -0.25) is 0 Å². The van der Waals surface area contributed by atoms with E-state index >= 15 is 0 Å². The standard InChI is InChI=1S/C13H21NO/c1-10-6-5-7-11(2)12(10)8-13(3,15)9-14-4/h5-7,14-15H,8-9H2,1-4H3. The number of nitrogens with one attached hydrogen (secondary N) is 1. The minimum absolute atomic E-state index is 0.612. The van der Waals surface area contributed by atoms with E-state index in [1.54, 1.807) is 0 Å². The molecule has 0 saturated carbocycles.